The van der Waals surface area contributed by atoms with E-state index in [1.807, 2.05) is 0 Å². The van der Waals surface area contributed by atoms with Gasteiger partial charge in [-0.2, -0.15) is 0 Å². The number of thiophene rings is 1. The maximum absolute atomic E-state index is 12.2. The second kappa shape index (κ2) is 8.80. The van der Waals surface area contributed by atoms with E-state index in [0.717, 1.165) is 30.6 Å². The predicted octanol–water partition coefficient (Wildman–Crippen LogP) is 3.03. The highest BCUT2D eigenvalue weighted by atomic mass is 32.1. The molecule has 2 aromatic heterocycles. The molecule has 1 fully saturated rings. The molecule has 0 saturated heterocycles. The molecule has 2 N–H and O–H groups in total. The van der Waals surface area contributed by atoms with Gasteiger partial charge in [-0.15, -0.1) is 11.3 Å². The molecule has 26 heavy (non-hydrogen) atoms. The zero-order chi connectivity index (χ0) is 18.4. The fourth-order valence-corrected chi connectivity index (χ4v) is 3.94. The first-order valence-corrected chi connectivity index (χ1v) is 9.71. The number of carbonyl (C=O) groups is 3. The molecular formula is C19H22N2O4S. The van der Waals surface area contributed by atoms with Crippen LogP contribution in [0, 0.1) is 0 Å². The lowest BCUT2D eigenvalue weighted by molar-refractivity contribution is -0.139. The molecule has 0 radical (unpaired) electrons. The van der Waals surface area contributed by atoms with Crippen molar-refractivity contribution >= 4 is 28.9 Å². The van der Waals surface area contributed by atoms with E-state index in [9.17, 15) is 14.4 Å². The summed E-state index contributed by atoms with van der Waals surface area (Å²) in [4.78, 5) is 37.5. The fourth-order valence-electron chi connectivity index (χ4n) is 3.05. The van der Waals surface area contributed by atoms with Gasteiger partial charge in [0.25, 0.3) is 0 Å². The van der Waals surface area contributed by atoms with Gasteiger partial charge in [0, 0.05) is 10.9 Å². The van der Waals surface area contributed by atoms with Crippen LogP contribution in [-0.2, 0) is 16.1 Å². The van der Waals surface area contributed by atoms with Gasteiger partial charge in [0.05, 0.1) is 17.7 Å². The Morgan fingerprint density at radius 1 is 1.04 bits per heavy atom. The number of nitrogens with one attached hydrogen (secondary N) is 2. The van der Waals surface area contributed by atoms with E-state index in [0.29, 0.717) is 4.88 Å². The predicted molar refractivity (Wildman–Crippen MR) is 97.9 cm³/mol. The molecule has 7 heteroatoms. The van der Waals surface area contributed by atoms with E-state index in [1.54, 1.807) is 24.3 Å². The lowest BCUT2D eigenvalue weighted by Gasteiger charge is -2.15. The largest absolute Gasteiger partial charge is 0.461 e. The summed E-state index contributed by atoms with van der Waals surface area (Å²) < 4.78 is 5.10. The van der Waals surface area contributed by atoms with Crippen LogP contribution in [0.2, 0.25) is 0 Å². The first-order valence-electron chi connectivity index (χ1n) is 8.89. The van der Waals surface area contributed by atoms with Crippen molar-refractivity contribution < 1.29 is 18.8 Å². The van der Waals surface area contributed by atoms with Gasteiger partial charge in [-0.3, -0.25) is 14.4 Å². The monoisotopic (exact) mass is 374 g/mol. The van der Waals surface area contributed by atoms with Crippen LogP contribution in [0.1, 0.15) is 58.8 Å². The smallest absolute Gasteiger partial charge is 0.309 e. The third-order valence-electron chi connectivity index (χ3n) is 4.45. The minimum absolute atomic E-state index is 0.0926. The molecule has 6 nitrogen and oxygen atoms in total. The van der Waals surface area contributed by atoms with E-state index in [1.165, 1.54) is 30.4 Å². The Morgan fingerprint density at radius 2 is 1.81 bits per heavy atom. The van der Waals surface area contributed by atoms with Crippen LogP contribution < -0.4 is 10.6 Å². The van der Waals surface area contributed by atoms with Crippen LogP contribution in [0.25, 0.3) is 0 Å². The molecule has 2 amide bonds. The second-order valence-corrected chi connectivity index (χ2v) is 7.59. The second-order valence-electron chi connectivity index (χ2n) is 6.42. The number of hydrogen-bond acceptors (Lipinski definition) is 5. The molecular weight excluding hydrogens is 352 g/mol. The third kappa shape index (κ3) is 4.82. The summed E-state index contributed by atoms with van der Waals surface area (Å²) in [7, 11) is 0. The molecule has 0 aromatic carbocycles. The number of hydrogen-bond donors (Lipinski definition) is 2. The van der Waals surface area contributed by atoms with Gasteiger partial charge in [0.15, 0.2) is 5.76 Å². The van der Waals surface area contributed by atoms with Gasteiger partial charge < -0.3 is 15.1 Å². The summed E-state index contributed by atoms with van der Waals surface area (Å²) >= 11 is 1.28. The summed E-state index contributed by atoms with van der Waals surface area (Å²) in [5.41, 5.74) is 0. The summed E-state index contributed by atoms with van der Waals surface area (Å²) in [5.74, 6) is -1.13. The molecule has 0 atom stereocenters. The Balaban J connectivity index is 1.48. The minimum atomic E-state index is -0.637. The SMILES string of the molecule is O=C(NCc1ccc(C(=O)c2ccco2)s1)C(=O)NC1CCCCCC1. The molecule has 2 heterocycles. The maximum Gasteiger partial charge on any atom is 0.309 e. The average molecular weight is 374 g/mol. The fraction of sp³-hybridized carbons (Fsp3) is 0.421. The van der Waals surface area contributed by atoms with Crippen molar-refractivity contribution in [1.29, 1.82) is 0 Å². The highest BCUT2D eigenvalue weighted by Gasteiger charge is 2.20. The Morgan fingerprint density at radius 3 is 2.50 bits per heavy atom. The lowest BCUT2D eigenvalue weighted by Crippen LogP contribution is -2.44. The van der Waals surface area contributed by atoms with Crippen LogP contribution in [0.3, 0.4) is 0 Å². The van der Waals surface area contributed by atoms with Crippen molar-refractivity contribution in [1.82, 2.24) is 10.6 Å². The number of furan rings is 1. The molecule has 1 aliphatic carbocycles. The van der Waals surface area contributed by atoms with Gasteiger partial charge >= 0.3 is 11.8 Å². The molecule has 0 spiro atoms. The van der Waals surface area contributed by atoms with Crippen molar-refractivity contribution in [3.05, 3.63) is 46.0 Å². The van der Waals surface area contributed by atoms with Gasteiger partial charge in [-0.1, -0.05) is 25.7 Å². The van der Waals surface area contributed by atoms with E-state index in [2.05, 4.69) is 10.6 Å². The molecule has 1 saturated carbocycles. The topological polar surface area (TPSA) is 88.4 Å². The quantitative estimate of drug-likeness (QED) is 0.478. The van der Waals surface area contributed by atoms with Gasteiger partial charge in [0.1, 0.15) is 0 Å². The van der Waals surface area contributed by atoms with Gasteiger partial charge in [-0.05, 0) is 37.1 Å². The zero-order valence-corrected chi connectivity index (χ0v) is 15.3. The summed E-state index contributed by atoms with van der Waals surface area (Å²) in [6, 6.07) is 6.83. The standard InChI is InChI=1S/C19H22N2O4S/c22-17(15-8-5-11-25-15)16-10-9-14(26-16)12-20-18(23)19(24)21-13-6-3-1-2-4-7-13/h5,8-11,13H,1-4,6-7,12H2,(H,20,23)(H,21,24). The van der Waals surface area contributed by atoms with Crippen molar-refractivity contribution in [2.24, 2.45) is 0 Å². The number of rotatable bonds is 5. The molecule has 138 valence electrons. The number of carbonyl (C=O) groups excluding carboxylic acids is 3. The van der Waals surface area contributed by atoms with E-state index < -0.39 is 11.8 Å². The van der Waals surface area contributed by atoms with Crippen molar-refractivity contribution in [2.45, 2.75) is 51.1 Å². The summed E-state index contributed by atoms with van der Waals surface area (Å²) in [6.45, 7) is 0.215. The Kier molecular flexibility index (Phi) is 6.22. The van der Waals surface area contributed by atoms with Crippen molar-refractivity contribution in [3.63, 3.8) is 0 Å². The van der Waals surface area contributed by atoms with E-state index in [4.69, 9.17) is 4.42 Å². The Bertz CT molecular complexity index is 758. The van der Waals surface area contributed by atoms with E-state index >= 15 is 0 Å². The first-order chi connectivity index (χ1) is 12.6. The molecule has 0 aliphatic heterocycles. The van der Waals surface area contributed by atoms with Crippen LogP contribution in [-0.4, -0.2) is 23.6 Å². The molecule has 0 bridgehead atoms. The van der Waals surface area contributed by atoms with Crippen LogP contribution in [0.5, 0.6) is 0 Å². The summed E-state index contributed by atoms with van der Waals surface area (Å²) in [5, 5.41) is 5.44. The summed E-state index contributed by atoms with van der Waals surface area (Å²) in [6.07, 6.45) is 7.88. The first kappa shape index (κ1) is 18.4. The normalized spacial score (nSPS) is 15.2. The van der Waals surface area contributed by atoms with Crippen molar-refractivity contribution in [3.8, 4) is 0 Å². The number of amides is 2. The lowest BCUT2D eigenvalue weighted by atomic mass is 10.1. The molecule has 0 unspecified atom stereocenters. The number of ketones is 1. The molecule has 2 aromatic rings. The van der Waals surface area contributed by atoms with E-state index in [-0.39, 0.29) is 24.1 Å². The Labute approximate surface area is 156 Å². The Hall–Kier alpha value is -2.41. The highest BCUT2D eigenvalue weighted by Crippen LogP contribution is 2.20. The van der Waals surface area contributed by atoms with Gasteiger partial charge in [-0.25, -0.2) is 0 Å². The molecule has 3 rings (SSSR count). The highest BCUT2D eigenvalue weighted by molar-refractivity contribution is 7.14. The minimum Gasteiger partial charge on any atom is -0.461 e. The third-order valence-corrected chi connectivity index (χ3v) is 5.53. The van der Waals surface area contributed by atoms with Crippen LogP contribution >= 0.6 is 11.3 Å². The maximum atomic E-state index is 12.2. The molecule has 1 aliphatic rings. The van der Waals surface area contributed by atoms with Crippen LogP contribution in [0.4, 0.5) is 0 Å². The van der Waals surface area contributed by atoms with Crippen molar-refractivity contribution in [2.75, 3.05) is 0 Å². The van der Waals surface area contributed by atoms with Gasteiger partial charge in [0.2, 0.25) is 5.78 Å². The average Bonchev–Trinajstić information content (AvgIpc) is 3.28. The van der Waals surface area contributed by atoms with Crippen LogP contribution in [0.15, 0.2) is 34.9 Å². The zero-order valence-electron chi connectivity index (χ0n) is 14.5.